The lowest BCUT2D eigenvalue weighted by Crippen LogP contribution is -2.23. The standard InChI is InChI=1S/C31H31N5O3/c1-38-31(37)24-15-21-11-12-25(17-23(21)16-24)34-29-28-27(36(35-29)26-10-6-5-9-22(26)18-32)13-14-33-30(28)39-19-20-7-3-2-4-8-20/h2-4,7-8,11-14,17,22,24,26H,5-6,9-10,15-16,19H2,1H3,(H,34,35). The molecule has 2 aromatic carbocycles. The van der Waals surface area contributed by atoms with Crippen LogP contribution in [0.25, 0.3) is 10.9 Å². The lowest BCUT2D eigenvalue weighted by atomic mass is 9.85. The van der Waals surface area contributed by atoms with Crippen LogP contribution in [-0.2, 0) is 29.0 Å². The van der Waals surface area contributed by atoms with Crippen LogP contribution in [0.3, 0.4) is 0 Å². The zero-order chi connectivity index (χ0) is 26.8. The van der Waals surface area contributed by atoms with Gasteiger partial charge >= 0.3 is 5.97 Å². The Morgan fingerprint density at radius 3 is 2.74 bits per heavy atom. The highest BCUT2D eigenvalue weighted by molar-refractivity contribution is 5.96. The maximum Gasteiger partial charge on any atom is 0.309 e. The quantitative estimate of drug-likeness (QED) is 0.302. The maximum absolute atomic E-state index is 12.1. The number of carbonyl (C=O) groups excluding carboxylic acids is 1. The van der Waals surface area contributed by atoms with E-state index in [2.05, 4.69) is 28.5 Å². The Morgan fingerprint density at radius 1 is 1.10 bits per heavy atom. The highest BCUT2D eigenvalue weighted by Gasteiger charge is 2.31. The number of carbonyl (C=O) groups is 1. The number of hydrogen-bond donors (Lipinski definition) is 1. The van der Waals surface area contributed by atoms with Crippen LogP contribution < -0.4 is 10.1 Å². The summed E-state index contributed by atoms with van der Waals surface area (Å²) >= 11 is 0. The fourth-order valence-electron chi connectivity index (χ4n) is 5.95. The number of fused-ring (bicyclic) bond motifs is 2. The molecule has 2 aliphatic rings. The summed E-state index contributed by atoms with van der Waals surface area (Å²) in [6, 6.07) is 20.6. The fourth-order valence-corrected chi connectivity index (χ4v) is 5.95. The Bertz CT molecular complexity index is 1540. The SMILES string of the molecule is COC(=O)C1Cc2ccc(Nc3nn(C4CCCCC4C#N)c4ccnc(OCc5ccccc5)c34)cc2C1. The molecule has 0 radical (unpaired) electrons. The van der Waals surface area contributed by atoms with Gasteiger partial charge in [0.15, 0.2) is 5.82 Å². The van der Waals surface area contributed by atoms with Crippen LogP contribution in [0.15, 0.2) is 60.8 Å². The third-order valence-electron chi connectivity index (χ3n) is 7.95. The molecule has 3 unspecified atom stereocenters. The first-order chi connectivity index (χ1) is 19.1. The molecule has 8 nitrogen and oxygen atoms in total. The third kappa shape index (κ3) is 4.92. The van der Waals surface area contributed by atoms with Gasteiger partial charge in [0, 0.05) is 11.9 Å². The normalized spacial score (nSPS) is 20.3. The van der Waals surface area contributed by atoms with E-state index in [9.17, 15) is 10.1 Å². The van der Waals surface area contributed by atoms with Crippen molar-refractivity contribution in [3.63, 3.8) is 0 Å². The van der Waals surface area contributed by atoms with E-state index in [1.54, 1.807) is 6.20 Å². The molecule has 6 rings (SSSR count). The molecule has 1 saturated carbocycles. The van der Waals surface area contributed by atoms with Gasteiger partial charge in [-0.3, -0.25) is 9.48 Å². The molecule has 0 bridgehead atoms. The number of ether oxygens (including phenoxy) is 2. The molecule has 1 fully saturated rings. The van der Waals surface area contributed by atoms with Crippen LogP contribution in [0.5, 0.6) is 5.88 Å². The summed E-state index contributed by atoms with van der Waals surface area (Å²) in [7, 11) is 1.44. The summed E-state index contributed by atoms with van der Waals surface area (Å²) < 4.78 is 13.2. The summed E-state index contributed by atoms with van der Waals surface area (Å²) in [4.78, 5) is 16.7. The van der Waals surface area contributed by atoms with Gasteiger partial charge in [0.2, 0.25) is 5.88 Å². The average molecular weight is 522 g/mol. The number of nitrogens with zero attached hydrogens (tertiary/aromatic N) is 4. The number of benzene rings is 2. The average Bonchev–Trinajstić information content (AvgIpc) is 3.58. The Morgan fingerprint density at radius 2 is 1.92 bits per heavy atom. The number of nitriles is 1. The van der Waals surface area contributed by atoms with Crippen molar-refractivity contribution in [1.82, 2.24) is 14.8 Å². The minimum Gasteiger partial charge on any atom is -0.472 e. The van der Waals surface area contributed by atoms with Gasteiger partial charge in [0.05, 0.1) is 36.6 Å². The second-order valence-electron chi connectivity index (χ2n) is 10.4. The van der Waals surface area contributed by atoms with Gasteiger partial charge in [-0.15, -0.1) is 0 Å². The number of anilines is 2. The maximum atomic E-state index is 12.1. The van der Waals surface area contributed by atoms with Crippen molar-refractivity contribution in [2.24, 2.45) is 11.8 Å². The topological polar surface area (TPSA) is 102 Å². The van der Waals surface area contributed by atoms with Gasteiger partial charge in [-0.25, -0.2) is 4.98 Å². The highest BCUT2D eigenvalue weighted by atomic mass is 16.5. The summed E-state index contributed by atoms with van der Waals surface area (Å²) in [6.07, 6.45) is 7.02. The first kappa shape index (κ1) is 24.9. The predicted octanol–water partition coefficient (Wildman–Crippen LogP) is 5.90. The Balaban J connectivity index is 1.37. The molecular weight excluding hydrogens is 490 g/mol. The first-order valence-corrected chi connectivity index (χ1v) is 13.5. The summed E-state index contributed by atoms with van der Waals surface area (Å²) in [5.41, 5.74) is 5.13. The largest absolute Gasteiger partial charge is 0.472 e. The van der Waals surface area contributed by atoms with Crippen molar-refractivity contribution < 1.29 is 14.3 Å². The highest BCUT2D eigenvalue weighted by Crippen LogP contribution is 2.40. The second kappa shape index (κ2) is 10.8. The van der Waals surface area contributed by atoms with E-state index in [0.717, 1.165) is 53.4 Å². The van der Waals surface area contributed by atoms with E-state index < -0.39 is 0 Å². The minimum atomic E-state index is -0.170. The predicted molar refractivity (Wildman–Crippen MR) is 148 cm³/mol. The van der Waals surface area contributed by atoms with E-state index in [4.69, 9.17) is 14.6 Å². The number of pyridine rings is 1. The zero-order valence-corrected chi connectivity index (χ0v) is 22.0. The summed E-state index contributed by atoms with van der Waals surface area (Å²) in [6.45, 7) is 0.385. The summed E-state index contributed by atoms with van der Waals surface area (Å²) in [5.74, 6) is 0.743. The van der Waals surface area contributed by atoms with Crippen molar-refractivity contribution in [1.29, 1.82) is 5.26 Å². The molecule has 0 aliphatic heterocycles. The van der Waals surface area contributed by atoms with Gasteiger partial charge in [0.25, 0.3) is 0 Å². The monoisotopic (exact) mass is 521 g/mol. The van der Waals surface area contributed by atoms with Gasteiger partial charge in [-0.2, -0.15) is 10.4 Å². The molecule has 2 aromatic heterocycles. The van der Waals surface area contributed by atoms with Crippen LogP contribution in [0.1, 0.15) is 48.4 Å². The molecule has 2 heterocycles. The van der Waals surface area contributed by atoms with Gasteiger partial charge in [-0.05, 0) is 60.6 Å². The zero-order valence-electron chi connectivity index (χ0n) is 22.0. The van der Waals surface area contributed by atoms with Gasteiger partial charge < -0.3 is 14.8 Å². The molecular formula is C31H31N5O3. The van der Waals surface area contributed by atoms with E-state index in [1.165, 1.54) is 12.7 Å². The molecule has 0 spiro atoms. The lowest BCUT2D eigenvalue weighted by Gasteiger charge is -2.27. The molecule has 0 saturated heterocycles. The molecule has 4 aromatic rings. The van der Waals surface area contributed by atoms with Crippen LogP contribution in [-0.4, -0.2) is 27.8 Å². The number of methoxy groups -OCH3 is 1. The van der Waals surface area contributed by atoms with E-state index in [-0.39, 0.29) is 23.8 Å². The lowest BCUT2D eigenvalue weighted by molar-refractivity contribution is -0.145. The molecule has 1 N–H and O–H groups in total. The molecule has 0 amide bonds. The molecule has 2 aliphatic carbocycles. The van der Waals surface area contributed by atoms with E-state index in [0.29, 0.717) is 31.1 Å². The van der Waals surface area contributed by atoms with Crippen molar-refractivity contribution >= 4 is 28.4 Å². The molecule has 8 heteroatoms. The Kier molecular flexibility index (Phi) is 6.89. The van der Waals surface area contributed by atoms with Crippen molar-refractivity contribution in [3.05, 3.63) is 77.5 Å². The van der Waals surface area contributed by atoms with Crippen LogP contribution in [0.2, 0.25) is 0 Å². The Labute approximate surface area is 227 Å². The fraction of sp³-hybridized carbons (Fsp3) is 0.355. The van der Waals surface area contributed by atoms with E-state index >= 15 is 0 Å². The molecule has 3 atom stereocenters. The van der Waals surface area contributed by atoms with Crippen molar-refractivity contribution in [3.8, 4) is 11.9 Å². The second-order valence-corrected chi connectivity index (χ2v) is 10.4. The third-order valence-corrected chi connectivity index (χ3v) is 7.95. The van der Waals surface area contributed by atoms with Crippen LogP contribution in [0.4, 0.5) is 11.5 Å². The summed E-state index contributed by atoms with van der Waals surface area (Å²) in [5, 5.41) is 19.2. The minimum absolute atomic E-state index is 0.00740. The molecule has 39 heavy (non-hydrogen) atoms. The number of nitrogens with one attached hydrogen (secondary N) is 1. The number of hydrogen-bond acceptors (Lipinski definition) is 7. The number of rotatable bonds is 7. The van der Waals surface area contributed by atoms with Gasteiger partial charge in [0.1, 0.15) is 12.0 Å². The van der Waals surface area contributed by atoms with Crippen LogP contribution >= 0.6 is 0 Å². The number of aromatic nitrogens is 3. The van der Waals surface area contributed by atoms with Gasteiger partial charge in [-0.1, -0.05) is 49.2 Å². The van der Waals surface area contributed by atoms with Crippen molar-refractivity contribution in [2.75, 3.05) is 12.4 Å². The smallest absolute Gasteiger partial charge is 0.309 e. The Hall–Kier alpha value is -4.38. The van der Waals surface area contributed by atoms with Crippen molar-refractivity contribution in [2.45, 2.75) is 51.2 Å². The van der Waals surface area contributed by atoms with E-state index in [1.807, 2.05) is 47.1 Å². The first-order valence-electron chi connectivity index (χ1n) is 13.5. The number of esters is 1. The van der Waals surface area contributed by atoms with Crippen LogP contribution in [0, 0.1) is 23.2 Å². The molecule has 198 valence electrons.